The van der Waals surface area contributed by atoms with E-state index in [0.717, 1.165) is 5.39 Å². The molecule has 0 aromatic heterocycles. The molecule has 134 valence electrons. The van der Waals surface area contributed by atoms with Crippen molar-refractivity contribution >= 4 is 22.3 Å². The second-order valence-corrected chi connectivity index (χ2v) is 6.24. The first-order chi connectivity index (χ1) is 13.1. The number of hydrogen-bond donors (Lipinski definition) is 1. The fourth-order valence-electron chi connectivity index (χ4n) is 3.78. The second kappa shape index (κ2) is 6.06. The number of methoxy groups -OCH3 is 2. The first-order valence-corrected chi connectivity index (χ1v) is 8.31. The van der Waals surface area contributed by atoms with Crippen molar-refractivity contribution in [1.82, 2.24) is 0 Å². The summed E-state index contributed by atoms with van der Waals surface area (Å²) in [7, 11) is 3.01. The molecule has 0 radical (unpaired) electrons. The zero-order valence-corrected chi connectivity index (χ0v) is 14.8. The minimum absolute atomic E-state index is 0.270. The summed E-state index contributed by atoms with van der Waals surface area (Å²) in [5.74, 6) is 0.341. The molecule has 1 aliphatic rings. The Balaban J connectivity index is 2.16. The summed E-state index contributed by atoms with van der Waals surface area (Å²) < 4.78 is 11.1. The van der Waals surface area contributed by atoms with E-state index in [1.165, 1.54) is 14.2 Å². The Labute approximate surface area is 155 Å². The van der Waals surface area contributed by atoms with Gasteiger partial charge in [0.25, 0.3) is 5.78 Å². The van der Waals surface area contributed by atoms with Crippen molar-refractivity contribution in [3.05, 3.63) is 76.8 Å². The highest BCUT2D eigenvalue weighted by Gasteiger charge is 2.58. The average Bonchev–Trinajstić information content (AvgIpc) is 2.94. The zero-order chi connectivity index (χ0) is 19.2. The SMILES string of the molecule is COc1cc(C2(O)C(=[N+]=[N-])C(=O)c3ccccc32)c(OC)c2ccccc12. The molecule has 3 aromatic carbocycles. The molecule has 3 aromatic rings. The van der Waals surface area contributed by atoms with Gasteiger partial charge in [0.05, 0.1) is 14.2 Å². The highest BCUT2D eigenvalue weighted by molar-refractivity contribution is 6.50. The Kier molecular flexibility index (Phi) is 3.81. The van der Waals surface area contributed by atoms with Crippen LogP contribution in [0.25, 0.3) is 16.3 Å². The number of ketones is 1. The van der Waals surface area contributed by atoms with E-state index in [2.05, 4.69) is 4.79 Å². The Morgan fingerprint density at radius 3 is 2.30 bits per heavy atom. The third-order valence-electron chi connectivity index (χ3n) is 4.99. The van der Waals surface area contributed by atoms with Gasteiger partial charge in [-0.25, -0.2) is 0 Å². The van der Waals surface area contributed by atoms with E-state index in [0.29, 0.717) is 22.4 Å². The van der Waals surface area contributed by atoms with Crippen molar-refractivity contribution in [3.8, 4) is 11.5 Å². The molecular formula is C21H16N2O4. The first kappa shape index (κ1) is 17.0. The van der Waals surface area contributed by atoms with Crippen LogP contribution in [0.15, 0.2) is 54.6 Å². The van der Waals surface area contributed by atoms with Crippen LogP contribution >= 0.6 is 0 Å². The van der Waals surface area contributed by atoms with Gasteiger partial charge in [0.15, 0.2) is 0 Å². The van der Waals surface area contributed by atoms with Gasteiger partial charge in [0, 0.05) is 27.5 Å². The lowest BCUT2D eigenvalue weighted by Gasteiger charge is -2.24. The van der Waals surface area contributed by atoms with Gasteiger partial charge in [-0.15, -0.1) is 0 Å². The Hall–Kier alpha value is -3.47. The van der Waals surface area contributed by atoms with Crippen LogP contribution in [0, 0.1) is 0 Å². The van der Waals surface area contributed by atoms with E-state index < -0.39 is 11.4 Å². The van der Waals surface area contributed by atoms with Crippen molar-refractivity contribution in [2.45, 2.75) is 5.60 Å². The number of Topliss-reactive ketones (excluding diaryl/α,β-unsaturated/α-hetero) is 1. The summed E-state index contributed by atoms with van der Waals surface area (Å²) in [4.78, 5) is 15.9. The summed E-state index contributed by atoms with van der Waals surface area (Å²) in [6, 6.07) is 15.7. The Bertz CT molecular complexity index is 1150. The number of ether oxygens (including phenoxy) is 2. The predicted octanol–water partition coefficient (Wildman–Crippen LogP) is 2.96. The van der Waals surface area contributed by atoms with Gasteiger partial charge in [-0.3, -0.25) is 4.79 Å². The minimum atomic E-state index is -1.97. The molecule has 0 saturated carbocycles. The number of nitrogens with zero attached hydrogens (tertiary/aromatic N) is 2. The maximum absolute atomic E-state index is 12.7. The van der Waals surface area contributed by atoms with Gasteiger partial charge >= 0.3 is 5.71 Å². The molecule has 1 aliphatic carbocycles. The fraction of sp³-hybridized carbons (Fsp3) is 0.143. The molecule has 0 saturated heterocycles. The minimum Gasteiger partial charge on any atom is -0.496 e. The molecule has 0 heterocycles. The first-order valence-electron chi connectivity index (χ1n) is 8.31. The lowest BCUT2D eigenvalue weighted by molar-refractivity contribution is -0.0309. The van der Waals surface area contributed by atoms with Crippen LogP contribution in [0.5, 0.6) is 11.5 Å². The molecule has 1 unspecified atom stereocenters. The monoisotopic (exact) mass is 360 g/mol. The number of rotatable bonds is 3. The number of fused-ring (bicyclic) bond motifs is 2. The summed E-state index contributed by atoms with van der Waals surface area (Å²) in [6.45, 7) is 0. The number of benzene rings is 3. The molecule has 6 nitrogen and oxygen atoms in total. The van der Waals surface area contributed by atoms with E-state index in [4.69, 9.17) is 9.47 Å². The van der Waals surface area contributed by atoms with Crippen LogP contribution in [0.4, 0.5) is 0 Å². The lowest BCUT2D eigenvalue weighted by atomic mass is 9.84. The van der Waals surface area contributed by atoms with E-state index in [1.807, 2.05) is 24.3 Å². The molecule has 0 bridgehead atoms. The normalized spacial score (nSPS) is 18.3. The van der Waals surface area contributed by atoms with Gasteiger partial charge in [-0.1, -0.05) is 48.5 Å². The van der Waals surface area contributed by atoms with Crippen molar-refractivity contribution in [3.63, 3.8) is 0 Å². The molecule has 0 aliphatic heterocycles. The largest absolute Gasteiger partial charge is 0.496 e. The Morgan fingerprint density at radius 2 is 1.63 bits per heavy atom. The molecular weight excluding hydrogens is 344 g/mol. The number of hydrogen-bond acceptors (Lipinski definition) is 4. The topological polar surface area (TPSA) is 92.2 Å². The van der Waals surface area contributed by atoms with E-state index in [9.17, 15) is 15.4 Å². The zero-order valence-electron chi connectivity index (χ0n) is 14.8. The predicted molar refractivity (Wildman–Crippen MR) is 99.4 cm³/mol. The number of carbonyl (C=O) groups is 1. The standard InChI is InChI=1S/C21H16N2O4/c1-26-17-11-16(19(27-2)13-8-4-3-7-12(13)17)21(25)15-10-6-5-9-14(15)18(24)20(21)23-22/h3-11,25H,1-2H3. The highest BCUT2D eigenvalue weighted by Crippen LogP contribution is 2.47. The third kappa shape index (κ3) is 2.15. The summed E-state index contributed by atoms with van der Waals surface area (Å²) in [5, 5.41) is 13.2. The molecule has 6 heteroatoms. The van der Waals surface area contributed by atoms with Crippen molar-refractivity contribution in [2.75, 3.05) is 14.2 Å². The van der Waals surface area contributed by atoms with E-state index in [-0.39, 0.29) is 16.8 Å². The van der Waals surface area contributed by atoms with Gasteiger partial charge in [-0.2, -0.15) is 4.79 Å². The molecule has 1 atom stereocenters. The molecule has 0 amide bonds. The quantitative estimate of drug-likeness (QED) is 0.574. The second-order valence-electron chi connectivity index (χ2n) is 6.24. The number of aliphatic hydroxyl groups is 1. The van der Waals surface area contributed by atoms with Crippen molar-refractivity contribution in [1.29, 1.82) is 0 Å². The van der Waals surface area contributed by atoms with Crippen molar-refractivity contribution < 1.29 is 24.2 Å². The van der Waals surface area contributed by atoms with Crippen LogP contribution in [0.2, 0.25) is 0 Å². The van der Waals surface area contributed by atoms with Gasteiger partial charge in [0.2, 0.25) is 5.60 Å². The summed E-state index contributed by atoms with van der Waals surface area (Å²) in [6.07, 6.45) is 0. The fourth-order valence-corrected chi connectivity index (χ4v) is 3.78. The van der Waals surface area contributed by atoms with Crippen LogP contribution in [0.3, 0.4) is 0 Å². The van der Waals surface area contributed by atoms with Gasteiger partial charge in [-0.05, 0) is 6.07 Å². The maximum atomic E-state index is 12.7. The highest BCUT2D eigenvalue weighted by atomic mass is 16.5. The van der Waals surface area contributed by atoms with Crippen LogP contribution in [0.1, 0.15) is 21.5 Å². The number of carbonyl (C=O) groups excluding carboxylic acids is 1. The Morgan fingerprint density at radius 1 is 0.963 bits per heavy atom. The van der Waals surface area contributed by atoms with Gasteiger partial charge < -0.3 is 20.1 Å². The van der Waals surface area contributed by atoms with Crippen molar-refractivity contribution in [2.24, 2.45) is 0 Å². The molecule has 27 heavy (non-hydrogen) atoms. The molecule has 0 spiro atoms. The smallest absolute Gasteiger partial charge is 0.379 e. The van der Waals surface area contributed by atoms with E-state index >= 15 is 0 Å². The third-order valence-corrected chi connectivity index (χ3v) is 4.99. The summed E-state index contributed by atoms with van der Waals surface area (Å²) >= 11 is 0. The van der Waals surface area contributed by atoms with Gasteiger partial charge in [0.1, 0.15) is 11.5 Å². The van der Waals surface area contributed by atoms with Crippen LogP contribution < -0.4 is 9.47 Å². The lowest BCUT2D eigenvalue weighted by Crippen LogP contribution is -2.36. The maximum Gasteiger partial charge on any atom is 0.379 e. The molecule has 1 N–H and O–H groups in total. The molecule has 0 fully saturated rings. The molecule has 4 rings (SSSR count). The summed E-state index contributed by atoms with van der Waals surface area (Å²) in [5.41, 5.74) is 8.08. The van der Waals surface area contributed by atoms with Crippen LogP contribution in [-0.4, -0.2) is 35.6 Å². The van der Waals surface area contributed by atoms with Crippen LogP contribution in [-0.2, 0) is 5.60 Å². The van der Waals surface area contributed by atoms with E-state index in [1.54, 1.807) is 30.3 Å². The average molecular weight is 360 g/mol.